The highest BCUT2D eigenvalue weighted by Gasteiger charge is 2.10. The second-order valence-electron chi connectivity index (χ2n) is 4.97. The molecule has 2 aromatic carbocycles. The van der Waals surface area contributed by atoms with Gasteiger partial charge in [0, 0.05) is 35.5 Å². The Morgan fingerprint density at radius 1 is 1.00 bits per heavy atom. The summed E-state index contributed by atoms with van der Waals surface area (Å²) in [6, 6.07) is 13.9. The summed E-state index contributed by atoms with van der Waals surface area (Å²) >= 11 is 12.2. The molecule has 0 aliphatic heterocycles. The summed E-state index contributed by atoms with van der Waals surface area (Å²) in [6.07, 6.45) is 0. The lowest BCUT2D eigenvalue weighted by molar-refractivity contribution is 0.885. The van der Waals surface area contributed by atoms with Crippen LogP contribution in [0.4, 0.5) is 11.4 Å². The van der Waals surface area contributed by atoms with E-state index in [0.717, 1.165) is 16.3 Å². The molecule has 0 bridgehead atoms. The molecule has 1 N–H and O–H groups in total. The van der Waals surface area contributed by atoms with E-state index in [2.05, 4.69) is 41.4 Å². The molecule has 20 heavy (non-hydrogen) atoms. The first-order chi connectivity index (χ1) is 9.47. The normalized spacial score (nSPS) is 12.1. The molecule has 0 fully saturated rings. The maximum Gasteiger partial charge on any atom is 0.0500 e. The maximum absolute atomic E-state index is 6.22. The molecule has 0 aliphatic rings. The van der Waals surface area contributed by atoms with Crippen molar-refractivity contribution in [1.82, 2.24) is 0 Å². The van der Waals surface area contributed by atoms with Crippen LogP contribution >= 0.6 is 23.2 Å². The molecular weight excluding hydrogens is 291 g/mol. The summed E-state index contributed by atoms with van der Waals surface area (Å²) in [7, 11) is 4.05. The van der Waals surface area contributed by atoms with E-state index in [0.29, 0.717) is 5.02 Å². The Bertz CT molecular complexity index is 580. The van der Waals surface area contributed by atoms with Crippen LogP contribution in [0.25, 0.3) is 0 Å². The Balaban J connectivity index is 2.14. The van der Waals surface area contributed by atoms with Gasteiger partial charge in [0.2, 0.25) is 0 Å². The molecule has 1 atom stereocenters. The van der Waals surface area contributed by atoms with Gasteiger partial charge in [0.1, 0.15) is 0 Å². The fourth-order valence-corrected chi connectivity index (χ4v) is 2.49. The van der Waals surface area contributed by atoms with Gasteiger partial charge in [-0.15, -0.1) is 0 Å². The first kappa shape index (κ1) is 15.0. The van der Waals surface area contributed by atoms with E-state index in [9.17, 15) is 0 Å². The molecule has 0 radical (unpaired) electrons. The van der Waals surface area contributed by atoms with Gasteiger partial charge in [0.25, 0.3) is 0 Å². The first-order valence-electron chi connectivity index (χ1n) is 6.46. The Morgan fingerprint density at radius 2 is 1.65 bits per heavy atom. The topological polar surface area (TPSA) is 15.3 Å². The second kappa shape index (κ2) is 6.38. The summed E-state index contributed by atoms with van der Waals surface area (Å²) in [5, 5.41) is 4.85. The smallest absolute Gasteiger partial charge is 0.0500 e. The van der Waals surface area contributed by atoms with Crippen molar-refractivity contribution in [2.24, 2.45) is 0 Å². The molecule has 0 amide bonds. The van der Waals surface area contributed by atoms with Crippen molar-refractivity contribution < 1.29 is 0 Å². The van der Waals surface area contributed by atoms with E-state index in [1.54, 1.807) is 6.07 Å². The van der Waals surface area contributed by atoms with Gasteiger partial charge in [-0.2, -0.15) is 0 Å². The number of nitrogens with zero attached hydrogens (tertiary/aromatic N) is 1. The summed E-state index contributed by atoms with van der Waals surface area (Å²) in [5.74, 6) is 0. The summed E-state index contributed by atoms with van der Waals surface area (Å²) in [4.78, 5) is 2.07. The highest BCUT2D eigenvalue weighted by Crippen LogP contribution is 2.29. The van der Waals surface area contributed by atoms with Gasteiger partial charge in [0.15, 0.2) is 0 Å². The van der Waals surface area contributed by atoms with Crippen LogP contribution in [-0.2, 0) is 0 Å². The summed E-state index contributed by atoms with van der Waals surface area (Å²) < 4.78 is 0. The molecule has 2 aromatic rings. The molecule has 0 spiro atoms. The molecule has 0 saturated carbocycles. The molecule has 4 heteroatoms. The van der Waals surface area contributed by atoms with Gasteiger partial charge >= 0.3 is 0 Å². The third-order valence-corrected chi connectivity index (χ3v) is 3.77. The number of hydrogen-bond donors (Lipinski definition) is 1. The van der Waals surface area contributed by atoms with E-state index >= 15 is 0 Å². The third-order valence-electron chi connectivity index (χ3n) is 3.19. The molecule has 0 heterocycles. The second-order valence-corrected chi connectivity index (χ2v) is 5.82. The largest absolute Gasteiger partial charge is 0.378 e. The number of rotatable bonds is 4. The van der Waals surface area contributed by atoms with E-state index in [1.807, 2.05) is 26.2 Å². The Hall–Kier alpha value is -1.38. The average Bonchev–Trinajstić information content (AvgIpc) is 2.42. The van der Waals surface area contributed by atoms with Crippen LogP contribution in [0.2, 0.25) is 10.0 Å². The van der Waals surface area contributed by atoms with Crippen LogP contribution in [0.1, 0.15) is 18.5 Å². The lowest BCUT2D eigenvalue weighted by Crippen LogP contribution is -2.09. The number of benzene rings is 2. The summed E-state index contributed by atoms with van der Waals surface area (Å²) in [6.45, 7) is 2.07. The zero-order valence-corrected chi connectivity index (χ0v) is 13.3. The van der Waals surface area contributed by atoms with Crippen molar-refractivity contribution in [1.29, 1.82) is 0 Å². The molecule has 0 aromatic heterocycles. The van der Waals surface area contributed by atoms with Crippen LogP contribution in [0.15, 0.2) is 42.5 Å². The molecule has 0 aliphatic carbocycles. The van der Waals surface area contributed by atoms with Gasteiger partial charge in [-0.3, -0.25) is 0 Å². The third kappa shape index (κ3) is 3.59. The minimum absolute atomic E-state index is 0.0893. The predicted octanol–water partition coefficient (Wildman–Crippen LogP) is 5.23. The van der Waals surface area contributed by atoms with Crippen LogP contribution in [0.5, 0.6) is 0 Å². The zero-order valence-electron chi connectivity index (χ0n) is 11.8. The molecule has 0 saturated heterocycles. The Kier molecular flexibility index (Phi) is 4.79. The van der Waals surface area contributed by atoms with E-state index < -0.39 is 0 Å². The highest BCUT2D eigenvalue weighted by molar-refractivity contribution is 6.33. The zero-order chi connectivity index (χ0) is 14.7. The minimum atomic E-state index is 0.0893. The predicted molar refractivity (Wildman–Crippen MR) is 89.3 cm³/mol. The van der Waals surface area contributed by atoms with E-state index in [1.165, 1.54) is 5.69 Å². The van der Waals surface area contributed by atoms with Crippen LogP contribution < -0.4 is 10.2 Å². The van der Waals surface area contributed by atoms with Crippen molar-refractivity contribution in [2.75, 3.05) is 24.3 Å². The van der Waals surface area contributed by atoms with Crippen molar-refractivity contribution in [3.05, 3.63) is 58.1 Å². The molecule has 106 valence electrons. The number of hydrogen-bond acceptors (Lipinski definition) is 2. The lowest BCUT2D eigenvalue weighted by atomic mass is 10.1. The number of nitrogens with one attached hydrogen (secondary N) is 1. The number of halogens is 2. The van der Waals surface area contributed by atoms with E-state index in [4.69, 9.17) is 23.2 Å². The van der Waals surface area contributed by atoms with E-state index in [-0.39, 0.29) is 6.04 Å². The Morgan fingerprint density at radius 3 is 2.25 bits per heavy atom. The van der Waals surface area contributed by atoms with Crippen LogP contribution in [0, 0.1) is 0 Å². The van der Waals surface area contributed by atoms with Gasteiger partial charge in [-0.25, -0.2) is 0 Å². The van der Waals surface area contributed by atoms with Crippen molar-refractivity contribution in [3.8, 4) is 0 Å². The standard InChI is InChI=1S/C16H18Cl2N2/c1-11(15-10-12(17)4-9-16(15)18)19-13-5-7-14(8-6-13)20(2)3/h4-11,19H,1-3H3. The number of anilines is 2. The maximum atomic E-state index is 6.22. The van der Waals surface area contributed by atoms with Crippen LogP contribution in [-0.4, -0.2) is 14.1 Å². The van der Waals surface area contributed by atoms with Crippen molar-refractivity contribution in [3.63, 3.8) is 0 Å². The molecule has 2 nitrogen and oxygen atoms in total. The molecular formula is C16H18Cl2N2. The fraction of sp³-hybridized carbons (Fsp3) is 0.250. The lowest BCUT2D eigenvalue weighted by Gasteiger charge is -2.18. The molecule has 2 rings (SSSR count). The molecule has 1 unspecified atom stereocenters. The van der Waals surface area contributed by atoms with Gasteiger partial charge in [0.05, 0.1) is 6.04 Å². The van der Waals surface area contributed by atoms with Gasteiger partial charge < -0.3 is 10.2 Å². The Labute approximate surface area is 130 Å². The monoisotopic (exact) mass is 308 g/mol. The van der Waals surface area contributed by atoms with Crippen LogP contribution in [0.3, 0.4) is 0 Å². The van der Waals surface area contributed by atoms with Crippen molar-refractivity contribution in [2.45, 2.75) is 13.0 Å². The SMILES string of the molecule is CC(Nc1ccc(N(C)C)cc1)c1cc(Cl)ccc1Cl. The van der Waals surface area contributed by atoms with Crippen molar-refractivity contribution >= 4 is 34.6 Å². The first-order valence-corrected chi connectivity index (χ1v) is 7.22. The summed E-state index contributed by atoms with van der Waals surface area (Å²) in [5.41, 5.74) is 3.22. The highest BCUT2D eigenvalue weighted by atomic mass is 35.5. The minimum Gasteiger partial charge on any atom is -0.378 e. The fourth-order valence-electron chi connectivity index (χ4n) is 2.03. The van der Waals surface area contributed by atoms with Gasteiger partial charge in [-0.05, 0) is 55.0 Å². The van der Waals surface area contributed by atoms with Gasteiger partial charge in [-0.1, -0.05) is 23.2 Å². The average molecular weight is 309 g/mol. The quantitative estimate of drug-likeness (QED) is 0.831.